The second kappa shape index (κ2) is 16.0. The summed E-state index contributed by atoms with van der Waals surface area (Å²) in [5.41, 5.74) is 0. The number of hydrogen-bond acceptors (Lipinski definition) is 15. The maximum Gasteiger partial charge on any atom is 0.590 e. The number of phosphoric acid groups is 1. The fourth-order valence-electron chi connectivity index (χ4n) is 4.21. The van der Waals surface area contributed by atoms with Crippen LogP contribution in [0.4, 0.5) is 0 Å². The Morgan fingerprint density at radius 3 is 1.58 bits per heavy atom. The lowest BCUT2D eigenvalue weighted by molar-refractivity contribution is -0.301. The molecule has 3 rings (SSSR count). The Kier molecular flexibility index (Phi) is 12.5. The van der Waals surface area contributed by atoms with Gasteiger partial charge in [0.05, 0.1) is 0 Å². The van der Waals surface area contributed by atoms with Crippen molar-refractivity contribution in [2.45, 2.75) is 71.4 Å². The quantitative estimate of drug-likeness (QED) is 0.174. The van der Waals surface area contributed by atoms with Gasteiger partial charge in [0.15, 0.2) is 24.4 Å². The van der Waals surface area contributed by atoms with E-state index in [0.29, 0.717) is 0 Å². The Morgan fingerprint density at radius 1 is 0.667 bits per heavy atom. The molecule has 2 aromatic rings. The van der Waals surface area contributed by atoms with E-state index in [1.807, 2.05) is 0 Å². The van der Waals surface area contributed by atoms with Crippen LogP contribution in [0.25, 0.3) is 0 Å². The molecule has 1 aliphatic heterocycles. The van der Waals surface area contributed by atoms with Crippen molar-refractivity contribution in [2.24, 2.45) is 0 Å². The normalized spacial score (nSPS) is 21.8. The van der Waals surface area contributed by atoms with Gasteiger partial charge in [-0.25, -0.2) is 9.09 Å². The first-order valence-corrected chi connectivity index (χ1v) is 15.0. The number of benzene rings is 2. The average molecular weight is 653 g/mol. The van der Waals surface area contributed by atoms with Crippen molar-refractivity contribution in [3.05, 3.63) is 60.7 Å². The van der Waals surface area contributed by atoms with Crippen molar-refractivity contribution in [1.82, 2.24) is 0 Å². The van der Waals surface area contributed by atoms with Crippen molar-refractivity contribution in [3.63, 3.8) is 0 Å². The van der Waals surface area contributed by atoms with Gasteiger partial charge >= 0.3 is 37.7 Å². The molecule has 2 aromatic carbocycles. The van der Waals surface area contributed by atoms with Crippen LogP contribution in [0.5, 0.6) is 11.5 Å². The van der Waals surface area contributed by atoms with Crippen molar-refractivity contribution in [3.8, 4) is 11.5 Å². The van der Waals surface area contributed by atoms with E-state index in [9.17, 15) is 28.5 Å². The summed E-state index contributed by atoms with van der Waals surface area (Å²) in [6.07, 6.45) is -10.2. The Bertz CT molecular complexity index is 1340. The van der Waals surface area contributed by atoms with Gasteiger partial charge in [0.1, 0.15) is 24.2 Å². The molecule has 1 saturated heterocycles. The maximum atomic E-state index is 14.3. The Balaban J connectivity index is 2.15. The molecule has 244 valence electrons. The number of esters is 5. The molecule has 0 bridgehead atoms. The molecule has 16 heteroatoms. The summed E-state index contributed by atoms with van der Waals surface area (Å²) in [6.45, 7) is 4.62. The molecule has 0 aliphatic carbocycles. The van der Waals surface area contributed by atoms with Crippen LogP contribution in [0.3, 0.4) is 0 Å². The van der Waals surface area contributed by atoms with Crippen LogP contribution in [0, 0.1) is 0 Å². The number of carbonyl (C=O) groups is 5. The summed E-state index contributed by atoms with van der Waals surface area (Å²) in [5, 5.41) is 0. The number of rotatable bonds is 13. The first-order chi connectivity index (χ1) is 21.3. The summed E-state index contributed by atoms with van der Waals surface area (Å²) < 4.78 is 64.0. The molecule has 1 aliphatic rings. The highest BCUT2D eigenvalue weighted by Gasteiger charge is 2.57. The molecular weight excluding hydrogens is 619 g/mol. The zero-order valence-electron chi connectivity index (χ0n) is 25.0. The summed E-state index contributed by atoms with van der Waals surface area (Å²) in [7, 11) is -4.79. The van der Waals surface area contributed by atoms with Gasteiger partial charge in [-0.3, -0.25) is 24.0 Å². The number of hydrogen-bond donors (Lipinski definition) is 0. The van der Waals surface area contributed by atoms with E-state index >= 15 is 0 Å². The molecule has 0 saturated carbocycles. The summed E-state index contributed by atoms with van der Waals surface area (Å²) in [4.78, 5) is 60.5. The van der Waals surface area contributed by atoms with Gasteiger partial charge < -0.3 is 37.5 Å². The third-order valence-corrected chi connectivity index (χ3v) is 7.06. The topological polar surface area (TPSA) is 185 Å². The summed E-state index contributed by atoms with van der Waals surface area (Å²) in [5.74, 6) is -4.25. The minimum Gasteiger partial charge on any atom is -0.462 e. The zero-order valence-corrected chi connectivity index (χ0v) is 25.9. The Morgan fingerprint density at radius 2 is 1.13 bits per heavy atom. The SMILES string of the molecule is CC(=O)OC[C@@H](OC(C)=O)C1O[C@@H](OP(=O)(Oc2ccccc2)Oc2ccccc2)C(OC(C)=O)C(OC(C)=O)[C@@H]1OC(C)=O. The van der Waals surface area contributed by atoms with Crippen LogP contribution < -0.4 is 9.05 Å². The fraction of sp³-hybridized carbons (Fsp3) is 0.414. The van der Waals surface area contributed by atoms with E-state index in [0.717, 1.165) is 34.6 Å². The molecule has 1 heterocycles. The fourth-order valence-corrected chi connectivity index (χ4v) is 5.51. The third-order valence-electron chi connectivity index (χ3n) is 5.73. The van der Waals surface area contributed by atoms with E-state index in [1.54, 1.807) is 36.4 Å². The third kappa shape index (κ3) is 10.9. The van der Waals surface area contributed by atoms with E-state index in [4.69, 9.17) is 42.0 Å². The number of carbonyl (C=O) groups excluding carboxylic acids is 5. The summed E-state index contributed by atoms with van der Waals surface area (Å²) >= 11 is 0. The van der Waals surface area contributed by atoms with E-state index in [-0.39, 0.29) is 11.5 Å². The highest BCUT2D eigenvalue weighted by Crippen LogP contribution is 2.52. The molecule has 45 heavy (non-hydrogen) atoms. The van der Waals surface area contributed by atoms with Crippen LogP contribution in [-0.2, 0) is 61.5 Å². The second-order valence-corrected chi connectivity index (χ2v) is 11.0. The number of phosphoric ester groups is 1. The van der Waals surface area contributed by atoms with Crippen LogP contribution >= 0.6 is 7.82 Å². The smallest absolute Gasteiger partial charge is 0.462 e. The zero-order chi connectivity index (χ0) is 33.1. The summed E-state index contributed by atoms with van der Waals surface area (Å²) in [6, 6.07) is 15.6. The second-order valence-electron chi connectivity index (χ2n) is 9.50. The van der Waals surface area contributed by atoms with Crippen molar-refractivity contribution >= 4 is 37.7 Å². The maximum absolute atomic E-state index is 14.3. The lowest BCUT2D eigenvalue weighted by Crippen LogP contribution is -2.65. The number of ether oxygens (including phenoxy) is 6. The largest absolute Gasteiger partial charge is 0.590 e. The molecule has 0 amide bonds. The molecule has 6 atom stereocenters. The monoisotopic (exact) mass is 652 g/mol. The van der Waals surface area contributed by atoms with E-state index in [1.165, 1.54) is 24.3 Å². The molecule has 3 unspecified atom stereocenters. The van der Waals surface area contributed by atoms with Gasteiger partial charge in [-0.15, -0.1) is 0 Å². The van der Waals surface area contributed by atoms with Gasteiger partial charge in [0.2, 0.25) is 6.29 Å². The van der Waals surface area contributed by atoms with Crippen LogP contribution in [0.2, 0.25) is 0 Å². The number of para-hydroxylation sites is 2. The molecule has 1 fully saturated rings. The van der Waals surface area contributed by atoms with Crippen LogP contribution in [-0.4, -0.2) is 73.3 Å². The predicted octanol–water partition coefficient (Wildman–Crippen LogP) is 3.28. The van der Waals surface area contributed by atoms with Crippen molar-refractivity contribution < 1.29 is 70.5 Å². The molecule has 0 N–H and O–H groups in total. The predicted molar refractivity (Wildman–Crippen MR) is 150 cm³/mol. The molecular formula is C29H33O15P. The minimum atomic E-state index is -4.79. The standard InChI is InChI=1S/C29H33O15P/c1-17(30)36-16-24(37-18(2)31)25-26(38-19(3)32)27(39-20(4)33)28(40-21(5)34)29(41-25)44-45(35,42-22-12-8-6-9-13-22)43-23-14-10-7-11-15-23/h6-15,24-29H,16H2,1-5H3/t24-,25?,26-,27?,28?,29+/m1/s1. The minimum absolute atomic E-state index is 0.0510. The van der Waals surface area contributed by atoms with E-state index < -0.39 is 81.1 Å². The first kappa shape index (κ1) is 35.0. The van der Waals surface area contributed by atoms with E-state index in [2.05, 4.69) is 0 Å². The van der Waals surface area contributed by atoms with Crippen LogP contribution in [0.1, 0.15) is 34.6 Å². The highest BCUT2D eigenvalue weighted by atomic mass is 31.2. The van der Waals surface area contributed by atoms with Gasteiger partial charge in [-0.1, -0.05) is 36.4 Å². The molecule has 0 spiro atoms. The first-order valence-electron chi connectivity index (χ1n) is 13.5. The lowest BCUT2D eigenvalue weighted by Gasteiger charge is -2.45. The van der Waals surface area contributed by atoms with Crippen molar-refractivity contribution in [1.29, 1.82) is 0 Å². The Labute approximate surface area is 258 Å². The highest BCUT2D eigenvalue weighted by molar-refractivity contribution is 7.49. The Hall–Kier alpha value is -4.46. The molecule has 15 nitrogen and oxygen atoms in total. The molecule has 0 radical (unpaired) electrons. The molecule has 0 aromatic heterocycles. The van der Waals surface area contributed by atoms with Gasteiger partial charge in [0, 0.05) is 34.6 Å². The van der Waals surface area contributed by atoms with Crippen LogP contribution in [0.15, 0.2) is 60.7 Å². The van der Waals surface area contributed by atoms with Gasteiger partial charge in [0.25, 0.3) is 0 Å². The lowest BCUT2D eigenvalue weighted by atomic mass is 9.94. The van der Waals surface area contributed by atoms with Crippen molar-refractivity contribution in [2.75, 3.05) is 6.61 Å². The van der Waals surface area contributed by atoms with Gasteiger partial charge in [-0.2, -0.15) is 0 Å². The van der Waals surface area contributed by atoms with Gasteiger partial charge in [-0.05, 0) is 24.3 Å². The average Bonchev–Trinajstić information content (AvgIpc) is 2.94.